The molecule has 108 valence electrons. The molecule has 5 nitrogen and oxygen atoms in total. The van der Waals surface area contributed by atoms with Crippen LogP contribution in [0.4, 0.5) is 0 Å². The Morgan fingerprint density at radius 3 is 2.22 bits per heavy atom. The first-order chi connectivity index (χ1) is 8.14. The van der Waals surface area contributed by atoms with E-state index in [2.05, 4.69) is 20.2 Å². The van der Waals surface area contributed by atoms with Crippen LogP contribution in [0.1, 0.15) is 20.3 Å². The zero-order valence-corrected chi connectivity index (χ0v) is 15.1. The molecular weight excluding hydrogens is 339 g/mol. The van der Waals surface area contributed by atoms with E-state index in [1.165, 1.54) is 0 Å². The maximum atomic E-state index is 11.4. The number of hydrogen-bond acceptors (Lipinski definition) is 4. The third kappa shape index (κ3) is 10.1. The second kappa shape index (κ2) is 8.35. The Labute approximate surface area is 114 Å². The first-order valence-electron chi connectivity index (χ1n) is 6.54. The van der Waals surface area contributed by atoms with Crippen LogP contribution in [0.3, 0.4) is 0 Å². The van der Waals surface area contributed by atoms with E-state index in [1.54, 1.807) is 18.9 Å². The van der Waals surface area contributed by atoms with E-state index in [0.717, 1.165) is 4.44 Å². The van der Waals surface area contributed by atoms with Crippen molar-refractivity contribution in [3.8, 4) is 0 Å². The van der Waals surface area contributed by atoms with Crippen molar-refractivity contribution in [1.29, 1.82) is 0 Å². The molecule has 0 radical (unpaired) electrons. The van der Waals surface area contributed by atoms with Gasteiger partial charge in [0.1, 0.15) is 0 Å². The molecule has 0 fully saturated rings. The normalized spacial score (nSPS) is 15.6. The van der Waals surface area contributed by atoms with E-state index in [1.807, 2.05) is 0 Å². The summed E-state index contributed by atoms with van der Waals surface area (Å²) in [7, 11) is 0. The van der Waals surface area contributed by atoms with Crippen LogP contribution in [-0.2, 0) is 4.79 Å². The number of aliphatic hydroxyl groups is 2. The van der Waals surface area contributed by atoms with Gasteiger partial charge in [0.05, 0.1) is 0 Å². The third-order valence-electron chi connectivity index (χ3n) is 2.37. The van der Waals surface area contributed by atoms with E-state index in [4.69, 9.17) is 0 Å². The molecule has 0 aromatic heterocycles. The van der Waals surface area contributed by atoms with Gasteiger partial charge in [-0.2, -0.15) is 0 Å². The monoisotopic (exact) mass is 368 g/mol. The molecule has 0 saturated carbocycles. The number of carbonyl (C=O) groups is 1. The first-order valence-corrected chi connectivity index (χ1v) is 17.1. The Balaban J connectivity index is 4.34. The molecule has 0 aliphatic carbocycles. The zero-order valence-electron chi connectivity index (χ0n) is 12.2. The van der Waals surface area contributed by atoms with Gasteiger partial charge in [-0.05, 0) is 0 Å². The van der Waals surface area contributed by atoms with Crippen molar-refractivity contribution in [3.05, 3.63) is 0 Å². The third-order valence-corrected chi connectivity index (χ3v) is 7.21. The van der Waals surface area contributed by atoms with Gasteiger partial charge in [-0.3, -0.25) is 0 Å². The Morgan fingerprint density at radius 1 is 1.28 bits per heavy atom. The fourth-order valence-corrected chi connectivity index (χ4v) is 6.17. The Bertz CT molecular complexity index is 254. The van der Waals surface area contributed by atoms with Crippen LogP contribution in [-0.4, -0.2) is 64.8 Å². The second-order valence-corrected chi connectivity index (χ2v) is 21.8. The topological polar surface area (TPSA) is 72.8 Å². The average molecular weight is 367 g/mol. The Hall–Kier alpha value is 0.149. The zero-order chi connectivity index (χ0) is 14.3. The average Bonchev–Trinajstić information content (AvgIpc) is 2.12. The van der Waals surface area contributed by atoms with Crippen LogP contribution in [0.15, 0.2) is 0 Å². The molecule has 0 aliphatic rings. The summed E-state index contributed by atoms with van der Waals surface area (Å²) in [5.41, 5.74) is 2.71. The minimum atomic E-state index is -2.02. The number of amides is 1. The summed E-state index contributed by atoms with van der Waals surface area (Å²) in [5.74, 6) is -0.0953. The minimum absolute atomic E-state index is 0.0953. The molecule has 0 spiro atoms. The van der Waals surface area contributed by atoms with Gasteiger partial charge in [0.25, 0.3) is 0 Å². The summed E-state index contributed by atoms with van der Waals surface area (Å²) < 4.78 is 0.854. The van der Waals surface area contributed by atoms with Gasteiger partial charge >= 0.3 is 115 Å². The summed E-state index contributed by atoms with van der Waals surface area (Å²) in [6.07, 6.45) is -0.575. The van der Waals surface area contributed by atoms with Crippen molar-refractivity contribution in [3.63, 3.8) is 0 Å². The van der Waals surface area contributed by atoms with Crippen LogP contribution < -0.4 is 5.43 Å². The fraction of sp³-hybridized carbons (Fsp3) is 0.917. The molecule has 2 atom stereocenters. The van der Waals surface area contributed by atoms with Crippen molar-refractivity contribution < 1.29 is 15.0 Å². The summed E-state index contributed by atoms with van der Waals surface area (Å²) in [6.45, 7) is 4.16. The SMILES string of the molecule is CCC(=O)NN(CC(C)O)CC(O)[CH2][Sn]([CH3])([CH3])[CH3]. The molecule has 18 heavy (non-hydrogen) atoms. The van der Waals surface area contributed by atoms with E-state index in [-0.39, 0.29) is 5.91 Å². The molecule has 2 unspecified atom stereocenters. The summed E-state index contributed by atoms with van der Waals surface area (Å²) >= 11 is -2.02. The van der Waals surface area contributed by atoms with Crippen molar-refractivity contribution >= 4 is 24.3 Å². The molecule has 0 rings (SSSR count). The maximum absolute atomic E-state index is 11.4. The summed E-state index contributed by atoms with van der Waals surface area (Å²) in [4.78, 5) is 18.2. The molecule has 0 bridgehead atoms. The summed E-state index contributed by atoms with van der Waals surface area (Å²) in [5, 5.41) is 21.0. The van der Waals surface area contributed by atoms with Crippen LogP contribution in [0, 0.1) is 0 Å². The van der Waals surface area contributed by atoms with Crippen molar-refractivity contribution in [2.45, 2.75) is 51.7 Å². The Morgan fingerprint density at radius 2 is 1.83 bits per heavy atom. The molecule has 6 heteroatoms. The van der Waals surface area contributed by atoms with Gasteiger partial charge in [0, 0.05) is 0 Å². The predicted molar refractivity (Wildman–Crippen MR) is 75.8 cm³/mol. The van der Waals surface area contributed by atoms with Crippen LogP contribution in [0.25, 0.3) is 0 Å². The summed E-state index contributed by atoms with van der Waals surface area (Å²) in [6, 6.07) is 0. The number of aliphatic hydroxyl groups excluding tert-OH is 2. The van der Waals surface area contributed by atoms with E-state index in [0.29, 0.717) is 19.5 Å². The van der Waals surface area contributed by atoms with E-state index >= 15 is 0 Å². The number of rotatable bonds is 8. The van der Waals surface area contributed by atoms with Crippen LogP contribution >= 0.6 is 0 Å². The van der Waals surface area contributed by atoms with Gasteiger partial charge in [0.15, 0.2) is 0 Å². The van der Waals surface area contributed by atoms with E-state index in [9.17, 15) is 15.0 Å². The van der Waals surface area contributed by atoms with Gasteiger partial charge in [-0.15, -0.1) is 0 Å². The van der Waals surface area contributed by atoms with Gasteiger partial charge < -0.3 is 0 Å². The van der Waals surface area contributed by atoms with Gasteiger partial charge in [0.2, 0.25) is 0 Å². The van der Waals surface area contributed by atoms with Crippen molar-refractivity contribution in [2.75, 3.05) is 13.1 Å². The first kappa shape index (κ1) is 18.1. The molecular formula is C12H28N2O3Sn. The van der Waals surface area contributed by atoms with E-state index < -0.39 is 30.6 Å². The Kier molecular flexibility index (Phi) is 8.41. The molecule has 1 amide bonds. The number of carbonyl (C=O) groups excluding carboxylic acids is 1. The van der Waals surface area contributed by atoms with Crippen molar-refractivity contribution in [1.82, 2.24) is 10.4 Å². The van der Waals surface area contributed by atoms with Crippen molar-refractivity contribution in [2.24, 2.45) is 0 Å². The second-order valence-electron chi connectivity index (χ2n) is 6.06. The molecule has 0 heterocycles. The molecule has 0 saturated heterocycles. The van der Waals surface area contributed by atoms with Gasteiger partial charge in [-0.1, -0.05) is 0 Å². The molecule has 0 aliphatic heterocycles. The number of nitrogens with one attached hydrogen (secondary N) is 1. The van der Waals surface area contributed by atoms with Crippen LogP contribution in [0.2, 0.25) is 19.3 Å². The number of hydrazine groups is 1. The molecule has 3 N–H and O–H groups in total. The fourth-order valence-electron chi connectivity index (χ4n) is 1.77. The number of nitrogens with zero attached hydrogens (tertiary/aromatic N) is 1. The molecule has 0 aromatic carbocycles. The van der Waals surface area contributed by atoms with Gasteiger partial charge in [-0.25, -0.2) is 0 Å². The van der Waals surface area contributed by atoms with Crippen LogP contribution in [0.5, 0.6) is 0 Å². The standard InChI is InChI=1S/C9H19N2O3.3CH3.Sn/c1-4-9(14)10-11(5-7(2)12)6-8(3)13;;;;/h7-8,12-13H,2,4-6H2,1,3H3,(H,10,14);3*1H3;. The number of hydrogen-bond donors (Lipinski definition) is 3. The molecule has 0 aromatic rings. The quantitative estimate of drug-likeness (QED) is 0.439. The predicted octanol–water partition coefficient (Wildman–Crippen LogP) is 0.809.